The zero-order chi connectivity index (χ0) is 19.0. The summed E-state index contributed by atoms with van der Waals surface area (Å²) < 4.78 is 17.3. The van der Waals surface area contributed by atoms with Gasteiger partial charge >= 0.3 is 13.1 Å². The molecule has 0 aromatic carbocycles. The summed E-state index contributed by atoms with van der Waals surface area (Å²) in [4.78, 5) is 16.6. The molecule has 1 saturated heterocycles. The molecule has 1 rings (SSSR count). The first kappa shape index (κ1) is 20.7. The molecule has 0 aliphatic carbocycles. The van der Waals surface area contributed by atoms with E-state index in [1.165, 1.54) is 12.4 Å². The van der Waals surface area contributed by atoms with E-state index in [2.05, 4.69) is 4.99 Å². The topological polar surface area (TPSA) is 83.1 Å². The second kappa shape index (κ2) is 6.52. The van der Waals surface area contributed by atoms with Crippen LogP contribution in [-0.4, -0.2) is 41.6 Å². The predicted molar refractivity (Wildman–Crippen MR) is 96.8 cm³/mol. The third kappa shape index (κ3) is 4.83. The Balaban J connectivity index is 2.90. The first-order chi connectivity index (χ1) is 10.6. The number of ether oxygens (including phenoxy) is 1. The van der Waals surface area contributed by atoms with Crippen LogP contribution in [0.3, 0.4) is 0 Å². The van der Waals surface area contributed by atoms with Crippen molar-refractivity contribution in [3.63, 3.8) is 0 Å². The molecule has 1 fully saturated rings. The van der Waals surface area contributed by atoms with E-state index in [0.29, 0.717) is 5.47 Å². The average molecular weight is 338 g/mol. The SMILES string of the molecule is CC(C)(C)OC(=O)C(C)(C)N=C/C(=C\N)B1OC(C)(C)C(C)(C)O1. The van der Waals surface area contributed by atoms with Crippen molar-refractivity contribution in [2.75, 3.05) is 0 Å². The van der Waals surface area contributed by atoms with Gasteiger partial charge in [-0.1, -0.05) is 0 Å². The molecule has 136 valence electrons. The highest BCUT2D eigenvalue weighted by Crippen LogP contribution is 2.38. The maximum Gasteiger partial charge on any atom is 0.497 e. The van der Waals surface area contributed by atoms with Crippen molar-refractivity contribution in [3.8, 4) is 0 Å². The van der Waals surface area contributed by atoms with Gasteiger partial charge in [0.2, 0.25) is 0 Å². The van der Waals surface area contributed by atoms with Crippen LogP contribution in [0.2, 0.25) is 0 Å². The maximum absolute atomic E-state index is 12.3. The molecule has 0 radical (unpaired) electrons. The Bertz CT molecular complexity index is 529. The Kier molecular flexibility index (Phi) is 5.63. The first-order valence-corrected chi connectivity index (χ1v) is 8.17. The van der Waals surface area contributed by atoms with Gasteiger partial charge in [0, 0.05) is 11.7 Å². The summed E-state index contributed by atoms with van der Waals surface area (Å²) in [5.74, 6) is -0.406. The fourth-order valence-electron chi connectivity index (χ4n) is 1.85. The molecule has 2 N–H and O–H groups in total. The summed E-state index contributed by atoms with van der Waals surface area (Å²) in [6.45, 7) is 16.7. The van der Waals surface area contributed by atoms with Gasteiger partial charge in [-0.05, 0) is 68.5 Å². The van der Waals surface area contributed by atoms with E-state index in [0.717, 1.165) is 0 Å². The van der Waals surface area contributed by atoms with Gasteiger partial charge in [-0.3, -0.25) is 4.99 Å². The highest BCUT2D eigenvalue weighted by atomic mass is 16.7. The van der Waals surface area contributed by atoms with Crippen LogP contribution in [0.15, 0.2) is 16.7 Å². The van der Waals surface area contributed by atoms with Crippen LogP contribution >= 0.6 is 0 Å². The lowest BCUT2D eigenvalue weighted by Crippen LogP contribution is -2.41. The highest BCUT2D eigenvalue weighted by Gasteiger charge is 2.52. The summed E-state index contributed by atoms with van der Waals surface area (Å²) in [5.41, 5.74) is 3.72. The molecule has 0 aromatic heterocycles. The van der Waals surface area contributed by atoms with E-state index >= 15 is 0 Å². The minimum absolute atomic E-state index is 0.406. The standard InChI is InChI=1S/C17H31BN2O4/c1-14(2,3)22-13(21)15(4,5)20-11-12(10-19)18-23-16(6,7)17(8,9)24-18/h10-11H,19H2,1-9H3/b12-10+,20-11?. The number of hydrogen-bond donors (Lipinski definition) is 1. The van der Waals surface area contributed by atoms with E-state index in [9.17, 15) is 4.79 Å². The molecule has 0 unspecified atom stereocenters. The molecule has 24 heavy (non-hydrogen) atoms. The van der Waals surface area contributed by atoms with Crippen LogP contribution in [0.4, 0.5) is 0 Å². The lowest BCUT2D eigenvalue weighted by atomic mass is 9.79. The Morgan fingerprint density at radius 3 is 1.92 bits per heavy atom. The minimum Gasteiger partial charge on any atom is -0.458 e. The maximum atomic E-state index is 12.3. The van der Waals surface area contributed by atoms with Crippen LogP contribution in [0.25, 0.3) is 0 Å². The van der Waals surface area contributed by atoms with Crippen LogP contribution in [0, 0.1) is 0 Å². The van der Waals surface area contributed by atoms with Crippen molar-refractivity contribution in [2.45, 2.75) is 84.7 Å². The van der Waals surface area contributed by atoms with Gasteiger partial charge < -0.3 is 19.8 Å². The zero-order valence-corrected chi connectivity index (χ0v) is 16.4. The van der Waals surface area contributed by atoms with Crippen molar-refractivity contribution < 1.29 is 18.8 Å². The second-order valence-corrected chi connectivity index (χ2v) is 8.57. The fraction of sp³-hybridized carbons (Fsp3) is 0.765. The summed E-state index contributed by atoms with van der Waals surface area (Å²) in [6, 6.07) is 0. The number of nitrogens with two attached hydrogens (primary N) is 1. The summed E-state index contributed by atoms with van der Waals surface area (Å²) in [7, 11) is -0.627. The fourth-order valence-corrected chi connectivity index (χ4v) is 1.85. The molecule has 1 heterocycles. The number of nitrogens with zero attached hydrogens (tertiary/aromatic N) is 1. The number of rotatable bonds is 4. The Morgan fingerprint density at radius 2 is 1.54 bits per heavy atom. The van der Waals surface area contributed by atoms with Gasteiger partial charge in [-0.2, -0.15) is 0 Å². The monoisotopic (exact) mass is 338 g/mol. The van der Waals surface area contributed by atoms with Gasteiger partial charge in [-0.25, -0.2) is 4.79 Å². The first-order valence-electron chi connectivity index (χ1n) is 8.17. The zero-order valence-electron chi connectivity index (χ0n) is 16.4. The average Bonchev–Trinajstić information content (AvgIpc) is 2.56. The Hall–Kier alpha value is -1.34. The number of allylic oxidation sites excluding steroid dienone is 1. The molecule has 0 bridgehead atoms. The van der Waals surface area contributed by atoms with Crippen molar-refractivity contribution in [3.05, 3.63) is 11.7 Å². The lowest BCUT2D eigenvalue weighted by molar-refractivity contribution is -0.160. The number of hydrogen-bond acceptors (Lipinski definition) is 6. The summed E-state index contributed by atoms with van der Waals surface area (Å²) in [5, 5.41) is 0. The number of carbonyl (C=O) groups excluding carboxylic acids is 1. The van der Waals surface area contributed by atoms with E-state index in [4.69, 9.17) is 19.8 Å². The van der Waals surface area contributed by atoms with Crippen LogP contribution in [-0.2, 0) is 18.8 Å². The van der Waals surface area contributed by atoms with Crippen molar-refractivity contribution in [2.24, 2.45) is 10.7 Å². The normalized spacial score (nSPS) is 21.4. The number of carbonyl (C=O) groups is 1. The van der Waals surface area contributed by atoms with E-state index in [1.807, 2.05) is 48.5 Å². The Morgan fingerprint density at radius 1 is 1.08 bits per heavy atom. The van der Waals surface area contributed by atoms with Gasteiger partial charge in [0.1, 0.15) is 5.60 Å². The molecule has 7 heteroatoms. The van der Waals surface area contributed by atoms with E-state index < -0.39 is 35.4 Å². The minimum atomic E-state index is -1.04. The van der Waals surface area contributed by atoms with Crippen LogP contribution in [0.1, 0.15) is 62.3 Å². The predicted octanol–water partition coefficient (Wildman–Crippen LogP) is 2.65. The molecule has 6 nitrogen and oxygen atoms in total. The third-order valence-corrected chi connectivity index (χ3v) is 4.15. The van der Waals surface area contributed by atoms with Crippen LogP contribution < -0.4 is 5.73 Å². The molecule has 0 spiro atoms. The third-order valence-electron chi connectivity index (χ3n) is 4.15. The molecule has 0 amide bonds. The van der Waals surface area contributed by atoms with Crippen LogP contribution in [0.5, 0.6) is 0 Å². The van der Waals surface area contributed by atoms with E-state index in [-0.39, 0.29) is 0 Å². The molecular weight excluding hydrogens is 307 g/mol. The van der Waals surface area contributed by atoms with Gasteiger partial charge in [0.15, 0.2) is 5.54 Å². The van der Waals surface area contributed by atoms with E-state index in [1.54, 1.807) is 13.8 Å². The van der Waals surface area contributed by atoms with Crippen molar-refractivity contribution in [1.29, 1.82) is 0 Å². The molecule has 0 saturated carbocycles. The number of esters is 1. The van der Waals surface area contributed by atoms with Gasteiger partial charge in [0.05, 0.1) is 11.2 Å². The largest absolute Gasteiger partial charge is 0.497 e. The van der Waals surface area contributed by atoms with Gasteiger partial charge in [-0.15, -0.1) is 0 Å². The summed E-state index contributed by atoms with van der Waals surface area (Å²) in [6.07, 6.45) is 2.91. The lowest BCUT2D eigenvalue weighted by Gasteiger charge is -2.32. The molecule has 0 atom stereocenters. The highest BCUT2D eigenvalue weighted by molar-refractivity contribution is 6.60. The Labute approximate surface area is 146 Å². The molecule has 0 aromatic rings. The van der Waals surface area contributed by atoms with Crippen molar-refractivity contribution >= 4 is 19.3 Å². The molecular formula is C17H31BN2O4. The molecule has 1 aliphatic rings. The van der Waals surface area contributed by atoms with Crippen molar-refractivity contribution in [1.82, 2.24) is 0 Å². The van der Waals surface area contributed by atoms with Gasteiger partial charge in [0.25, 0.3) is 0 Å². The summed E-state index contributed by atoms with van der Waals surface area (Å²) >= 11 is 0. The molecule has 1 aliphatic heterocycles. The number of aliphatic imine (C=N–C) groups is 1. The second-order valence-electron chi connectivity index (χ2n) is 8.57. The smallest absolute Gasteiger partial charge is 0.458 e. The quantitative estimate of drug-likeness (QED) is 0.484.